The summed E-state index contributed by atoms with van der Waals surface area (Å²) in [4.78, 5) is 21.8. The molecule has 1 heterocycles. The highest BCUT2D eigenvalue weighted by Crippen LogP contribution is 2.13. The van der Waals surface area contributed by atoms with Gasteiger partial charge in [-0.25, -0.2) is 5.84 Å². The Morgan fingerprint density at radius 3 is 3.06 bits per heavy atom. The van der Waals surface area contributed by atoms with Gasteiger partial charge in [-0.1, -0.05) is 5.16 Å². The van der Waals surface area contributed by atoms with E-state index in [4.69, 9.17) is 10.4 Å². The van der Waals surface area contributed by atoms with Crippen LogP contribution in [0.2, 0.25) is 0 Å². The minimum Gasteiger partial charge on any atom is -0.468 e. The van der Waals surface area contributed by atoms with Gasteiger partial charge in [0.05, 0.1) is 18.6 Å². The third kappa shape index (κ3) is 3.55. The van der Waals surface area contributed by atoms with Crippen molar-refractivity contribution in [3.63, 3.8) is 0 Å². The Morgan fingerprint density at radius 2 is 2.44 bits per heavy atom. The molecule has 0 aliphatic rings. The number of methoxy groups -OCH3 is 1. The summed E-state index contributed by atoms with van der Waals surface area (Å²) in [6.07, 6.45) is 0. The van der Waals surface area contributed by atoms with E-state index in [1.807, 2.05) is 5.43 Å². The number of nitrogens with one attached hydrogen (secondary N) is 1. The van der Waals surface area contributed by atoms with Crippen molar-refractivity contribution in [2.45, 2.75) is 5.75 Å². The summed E-state index contributed by atoms with van der Waals surface area (Å²) < 4.78 is 9.33. The quantitative estimate of drug-likeness (QED) is 0.317. The number of carbonyl (C=O) groups excluding carboxylic acids is 2. The molecule has 0 fully saturated rings. The maximum atomic E-state index is 11.0. The normalized spacial score (nSPS) is 9.88. The molecule has 0 aliphatic carbocycles. The van der Waals surface area contributed by atoms with Crippen molar-refractivity contribution in [3.05, 3.63) is 17.5 Å². The molecule has 0 spiro atoms. The lowest BCUT2D eigenvalue weighted by Gasteiger charge is -1.96. The molecule has 0 aliphatic heterocycles. The fourth-order valence-corrected chi connectivity index (χ4v) is 1.58. The van der Waals surface area contributed by atoms with Gasteiger partial charge < -0.3 is 9.26 Å². The number of aromatic nitrogens is 1. The first-order valence-electron chi connectivity index (χ1n) is 4.28. The van der Waals surface area contributed by atoms with Gasteiger partial charge in [-0.05, 0) is 0 Å². The lowest BCUT2D eigenvalue weighted by atomic mass is 10.4. The third-order valence-electron chi connectivity index (χ3n) is 1.61. The molecule has 1 aromatic rings. The van der Waals surface area contributed by atoms with Gasteiger partial charge in [0.15, 0.2) is 5.69 Å². The Balaban J connectivity index is 2.41. The number of carbonyl (C=O) groups is 2. The second kappa shape index (κ2) is 6.13. The molecule has 1 aromatic heterocycles. The van der Waals surface area contributed by atoms with Gasteiger partial charge >= 0.3 is 5.97 Å². The SMILES string of the molecule is COC(=O)CSCc1cc(C(=O)NN)no1. The number of hydrogen-bond acceptors (Lipinski definition) is 7. The van der Waals surface area contributed by atoms with E-state index >= 15 is 0 Å². The van der Waals surface area contributed by atoms with Gasteiger partial charge in [0.1, 0.15) is 5.76 Å². The summed E-state index contributed by atoms with van der Waals surface area (Å²) in [7, 11) is 1.32. The molecule has 0 atom stereocenters. The summed E-state index contributed by atoms with van der Waals surface area (Å²) in [5.74, 6) is 5.23. The van der Waals surface area contributed by atoms with Gasteiger partial charge in [0.25, 0.3) is 5.91 Å². The number of nitrogens with zero attached hydrogens (tertiary/aromatic N) is 1. The van der Waals surface area contributed by atoms with Crippen LogP contribution in [0.25, 0.3) is 0 Å². The third-order valence-corrected chi connectivity index (χ3v) is 2.54. The number of hydrogen-bond donors (Lipinski definition) is 2. The summed E-state index contributed by atoms with van der Waals surface area (Å²) in [5.41, 5.74) is 2.04. The highest BCUT2D eigenvalue weighted by Gasteiger charge is 2.11. The predicted octanol–water partition coefficient (Wildman–Crippen LogP) is -0.316. The van der Waals surface area contributed by atoms with Crippen LogP contribution in [0.5, 0.6) is 0 Å². The first kappa shape index (κ1) is 12.5. The van der Waals surface area contributed by atoms with Crippen LogP contribution in [0.1, 0.15) is 16.2 Å². The molecular formula is C8H11N3O4S. The van der Waals surface area contributed by atoms with Crippen LogP contribution < -0.4 is 11.3 Å². The number of rotatable bonds is 5. The van der Waals surface area contributed by atoms with Crippen molar-refractivity contribution >= 4 is 23.6 Å². The van der Waals surface area contributed by atoms with Crippen LogP contribution in [-0.4, -0.2) is 29.9 Å². The van der Waals surface area contributed by atoms with E-state index in [9.17, 15) is 9.59 Å². The molecule has 1 rings (SSSR count). The molecule has 1 amide bonds. The van der Waals surface area contributed by atoms with E-state index in [1.165, 1.54) is 24.9 Å². The summed E-state index contributed by atoms with van der Waals surface area (Å²) in [6, 6.07) is 1.46. The minimum absolute atomic E-state index is 0.108. The molecule has 7 nitrogen and oxygen atoms in total. The average Bonchev–Trinajstić information content (AvgIpc) is 2.76. The Labute approximate surface area is 95.6 Å². The maximum Gasteiger partial charge on any atom is 0.315 e. The van der Waals surface area contributed by atoms with Crippen LogP contribution in [0.15, 0.2) is 10.6 Å². The lowest BCUT2D eigenvalue weighted by Crippen LogP contribution is -2.30. The second-order valence-corrected chi connectivity index (χ2v) is 3.71. The van der Waals surface area contributed by atoms with E-state index < -0.39 is 5.91 Å². The van der Waals surface area contributed by atoms with Gasteiger partial charge in [-0.2, -0.15) is 0 Å². The minimum atomic E-state index is -0.520. The zero-order chi connectivity index (χ0) is 12.0. The van der Waals surface area contributed by atoms with E-state index in [0.717, 1.165) is 0 Å². The number of ether oxygens (including phenoxy) is 1. The Kier molecular flexibility index (Phi) is 4.80. The van der Waals surface area contributed by atoms with Crippen molar-refractivity contribution < 1.29 is 18.8 Å². The molecule has 0 aromatic carbocycles. The van der Waals surface area contributed by atoms with Crippen LogP contribution in [0, 0.1) is 0 Å². The molecule has 8 heteroatoms. The van der Waals surface area contributed by atoms with Crippen molar-refractivity contribution in [2.24, 2.45) is 5.84 Å². The Bertz CT molecular complexity index is 379. The number of esters is 1. The van der Waals surface area contributed by atoms with Crippen LogP contribution >= 0.6 is 11.8 Å². The number of hydrazine groups is 1. The zero-order valence-corrected chi connectivity index (χ0v) is 9.37. The monoisotopic (exact) mass is 245 g/mol. The van der Waals surface area contributed by atoms with E-state index in [1.54, 1.807) is 0 Å². The van der Waals surface area contributed by atoms with Gasteiger partial charge in [-0.3, -0.25) is 15.0 Å². The fraction of sp³-hybridized carbons (Fsp3) is 0.375. The summed E-state index contributed by atoms with van der Waals surface area (Å²) in [5, 5.41) is 3.51. The number of nitrogens with two attached hydrogens (primary N) is 1. The van der Waals surface area contributed by atoms with Crippen LogP contribution in [0.4, 0.5) is 0 Å². The summed E-state index contributed by atoms with van der Waals surface area (Å²) >= 11 is 1.30. The van der Waals surface area contributed by atoms with E-state index in [0.29, 0.717) is 11.5 Å². The molecule has 16 heavy (non-hydrogen) atoms. The van der Waals surface area contributed by atoms with E-state index in [-0.39, 0.29) is 17.4 Å². The van der Waals surface area contributed by atoms with Crippen molar-refractivity contribution in [2.75, 3.05) is 12.9 Å². The van der Waals surface area contributed by atoms with Crippen molar-refractivity contribution in [1.29, 1.82) is 0 Å². The molecule has 0 unspecified atom stereocenters. The molecular weight excluding hydrogens is 234 g/mol. The van der Waals surface area contributed by atoms with Gasteiger partial charge in [0, 0.05) is 6.07 Å². The fourth-order valence-electron chi connectivity index (χ4n) is 0.856. The number of nitrogen functional groups attached to an aromatic ring is 1. The molecule has 0 bridgehead atoms. The average molecular weight is 245 g/mol. The maximum absolute atomic E-state index is 11.0. The van der Waals surface area contributed by atoms with Crippen LogP contribution in [0.3, 0.4) is 0 Å². The standard InChI is InChI=1S/C8H11N3O4S/c1-14-7(12)4-16-3-5-2-6(11-15-5)8(13)10-9/h2H,3-4,9H2,1H3,(H,10,13). The molecule has 3 N–H and O–H groups in total. The topological polar surface area (TPSA) is 107 Å². The van der Waals surface area contributed by atoms with Crippen LogP contribution in [-0.2, 0) is 15.3 Å². The molecule has 0 radical (unpaired) electrons. The van der Waals surface area contributed by atoms with Gasteiger partial charge in [0.2, 0.25) is 0 Å². The highest BCUT2D eigenvalue weighted by molar-refractivity contribution is 7.99. The number of amides is 1. The predicted molar refractivity (Wildman–Crippen MR) is 56.3 cm³/mol. The first-order valence-corrected chi connectivity index (χ1v) is 5.44. The van der Waals surface area contributed by atoms with Gasteiger partial charge in [-0.15, -0.1) is 11.8 Å². The lowest BCUT2D eigenvalue weighted by molar-refractivity contribution is -0.137. The molecule has 0 saturated heterocycles. The largest absolute Gasteiger partial charge is 0.468 e. The Morgan fingerprint density at radius 1 is 1.69 bits per heavy atom. The number of thioether (sulfide) groups is 1. The first-order chi connectivity index (χ1) is 7.67. The smallest absolute Gasteiger partial charge is 0.315 e. The van der Waals surface area contributed by atoms with Crippen molar-refractivity contribution in [3.8, 4) is 0 Å². The Hall–Kier alpha value is -1.54. The summed E-state index contributed by atoms with van der Waals surface area (Å²) in [6.45, 7) is 0. The molecule has 88 valence electrons. The molecule has 0 saturated carbocycles. The van der Waals surface area contributed by atoms with Crippen molar-refractivity contribution in [1.82, 2.24) is 10.6 Å². The highest BCUT2D eigenvalue weighted by atomic mass is 32.2. The van der Waals surface area contributed by atoms with E-state index in [2.05, 4.69) is 9.89 Å². The zero-order valence-electron chi connectivity index (χ0n) is 8.56. The second-order valence-electron chi connectivity index (χ2n) is 2.72.